The summed E-state index contributed by atoms with van der Waals surface area (Å²) in [5.41, 5.74) is 1.10. The largest absolute Gasteiger partial charge is 0.346 e. The molecule has 0 radical (unpaired) electrons. The van der Waals surface area contributed by atoms with Gasteiger partial charge in [-0.15, -0.1) is 15.3 Å². The van der Waals surface area contributed by atoms with Gasteiger partial charge in [0.05, 0.1) is 11.4 Å². The number of nitrogens with one attached hydrogen (secondary N) is 1. The zero-order valence-corrected chi connectivity index (χ0v) is 15.3. The summed E-state index contributed by atoms with van der Waals surface area (Å²) in [6, 6.07) is 12.4. The van der Waals surface area contributed by atoms with E-state index in [9.17, 15) is 9.59 Å². The SMILES string of the molecule is C[C@@H](NC(=O)CCCn1nnc2ccccc2c1=O)c1nnc2ccccn12. The molecule has 1 N–H and O–H groups in total. The number of pyridine rings is 1. The van der Waals surface area contributed by atoms with Gasteiger partial charge in [-0.05, 0) is 37.6 Å². The quantitative estimate of drug-likeness (QED) is 0.546. The Kier molecular flexibility index (Phi) is 4.79. The molecule has 0 saturated heterocycles. The molecule has 3 aromatic heterocycles. The van der Waals surface area contributed by atoms with Crippen molar-refractivity contribution in [2.75, 3.05) is 0 Å². The third-order valence-corrected chi connectivity index (χ3v) is 4.51. The van der Waals surface area contributed by atoms with Gasteiger partial charge in [-0.25, -0.2) is 4.68 Å². The fraction of sp³-hybridized carbons (Fsp3) is 0.263. The van der Waals surface area contributed by atoms with E-state index in [4.69, 9.17) is 0 Å². The smallest absolute Gasteiger partial charge is 0.277 e. The summed E-state index contributed by atoms with van der Waals surface area (Å²) in [5, 5.41) is 19.7. The van der Waals surface area contributed by atoms with Crippen molar-refractivity contribution in [3.63, 3.8) is 0 Å². The Morgan fingerprint density at radius 1 is 1.11 bits per heavy atom. The second-order valence-electron chi connectivity index (χ2n) is 6.51. The fourth-order valence-corrected chi connectivity index (χ4v) is 3.09. The summed E-state index contributed by atoms with van der Waals surface area (Å²) in [6.07, 6.45) is 2.60. The van der Waals surface area contributed by atoms with Crippen LogP contribution in [0.5, 0.6) is 0 Å². The van der Waals surface area contributed by atoms with Crippen LogP contribution in [-0.4, -0.2) is 35.5 Å². The summed E-state index contributed by atoms with van der Waals surface area (Å²) >= 11 is 0. The minimum atomic E-state index is -0.284. The zero-order valence-electron chi connectivity index (χ0n) is 15.3. The predicted octanol–water partition coefficient (Wildman–Crippen LogP) is 1.49. The van der Waals surface area contributed by atoms with Gasteiger partial charge in [-0.2, -0.15) is 0 Å². The monoisotopic (exact) mass is 377 g/mol. The molecule has 9 nitrogen and oxygen atoms in total. The van der Waals surface area contributed by atoms with Gasteiger partial charge >= 0.3 is 0 Å². The highest BCUT2D eigenvalue weighted by molar-refractivity contribution is 5.77. The first-order valence-corrected chi connectivity index (χ1v) is 9.05. The molecule has 0 spiro atoms. The summed E-state index contributed by atoms with van der Waals surface area (Å²) in [5.74, 6) is 0.544. The normalized spacial score (nSPS) is 12.3. The van der Waals surface area contributed by atoms with E-state index in [0.717, 1.165) is 5.65 Å². The van der Waals surface area contributed by atoms with Crippen LogP contribution in [-0.2, 0) is 11.3 Å². The van der Waals surface area contributed by atoms with Crippen molar-refractivity contribution in [3.05, 3.63) is 64.8 Å². The molecule has 9 heteroatoms. The third kappa shape index (κ3) is 3.46. The molecule has 0 unspecified atom stereocenters. The minimum Gasteiger partial charge on any atom is -0.346 e. The summed E-state index contributed by atoms with van der Waals surface area (Å²) in [4.78, 5) is 24.7. The number of carbonyl (C=O) groups is 1. The zero-order chi connectivity index (χ0) is 19.5. The van der Waals surface area contributed by atoms with Gasteiger partial charge in [0.2, 0.25) is 5.91 Å². The fourth-order valence-electron chi connectivity index (χ4n) is 3.09. The van der Waals surface area contributed by atoms with E-state index in [2.05, 4.69) is 25.8 Å². The van der Waals surface area contributed by atoms with Crippen LogP contribution < -0.4 is 10.9 Å². The topological polar surface area (TPSA) is 107 Å². The van der Waals surface area contributed by atoms with E-state index in [1.165, 1.54) is 4.68 Å². The van der Waals surface area contributed by atoms with Gasteiger partial charge in [-0.1, -0.05) is 23.4 Å². The molecule has 3 heterocycles. The van der Waals surface area contributed by atoms with Crippen LogP contribution in [0.4, 0.5) is 0 Å². The summed E-state index contributed by atoms with van der Waals surface area (Å²) in [7, 11) is 0. The average Bonchev–Trinajstić information content (AvgIpc) is 3.14. The molecule has 0 saturated carbocycles. The Morgan fingerprint density at radius 2 is 1.93 bits per heavy atom. The van der Waals surface area contributed by atoms with Crippen molar-refractivity contribution >= 4 is 22.5 Å². The maximum absolute atomic E-state index is 12.4. The van der Waals surface area contributed by atoms with Crippen molar-refractivity contribution in [1.82, 2.24) is 34.9 Å². The summed E-state index contributed by atoms with van der Waals surface area (Å²) in [6.45, 7) is 2.19. The molecule has 142 valence electrons. The first-order chi connectivity index (χ1) is 13.6. The van der Waals surface area contributed by atoms with E-state index in [-0.39, 0.29) is 23.9 Å². The van der Waals surface area contributed by atoms with Crippen LogP contribution in [0.3, 0.4) is 0 Å². The molecule has 4 aromatic rings. The Bertz CT molecular complexity index is 1200. The van der Waals surface area contributed by atoms with E-state index in [1.807, 2.05) is 41.8 Å². The molecule has 1 atom stereocenters. The number of amides is 1. The standard InChI is InChI=1S/C19H19N7O2/c1-13(18-23-22-16-9-4-5-11-25(16)18)20-17(27)10-6-12-26-19(28)14-7-2-3-8-15(14)21-24-26/h2-5,7-9,11,13H,6,10,12H2,1H3,(H,20,27)/t13-/m1/s1. The van der Waals surface area contributed by atoms with E-state index in [1.54, 1.807) is 18.2 Å². The van der Waals surface area contributed by atoms with Gasteiger partial charge in [0.1, 0.15) is 5.52 Å². The lowest BCUT2D eigenvalue weighted by Gasteiger charge is -2.12. The predicted molar refractivity (Wildman–Crippen MR) is 103 cm³/mol. The lowest BCUT2D eigenvalue weighted by atomic mass is 10.2. The van der Waals surface area contributed by atoms with Crippen molar-refractivity contribution in [2.45, 2.75) is 32.4 Å². The molecule has 4 rings (SSSR count). The van der Waals surface area contributed by atoms with Crippen LogP contribution in [0.2, 0.25) is 0 Å². The Labute approximate surface area is 160 Å². The molecule has 0 aliphatic heterocycles. The van der Waals surface area contributed by atoms with Crippen LogP contribution in [0.1, 0.15) is 31.6 Å². The van der Waals surface area contributed by atoms with E-state index >= 15 is 0 Å². The third-order valence-electron chi connectivity index (χ3n) is 4.51. The second-order valence-corrected chi connectivity index (χ2v) is 6.51. The highest BCUT2D eigenvalue weighted by Gasteiger charge is 2.15. The Balaban J connectivity index is 1.36. The maximum atomic E-state index is 12.4. The number of hydrogen-bond donors (Lipinski definition) is 1. The number of hydrogen-bond acceptors (Lipinski definition) is 6. The number of fused-ring (bicyclic) bond motifs is 2. The van der Waals surface area contributed by atoms with Gasteiger partial charge in [-0.3, -0.25) is 14.0 Å². The number of benzene rings is 1. The minimum absolute atomic E-state index is 0.123. The molecule has 1 aromatic carbocycles. The lowest BCUT2D eigenvalue weighted by molar-refractivity contribution is -0.121. The van der Waals surface area contributed by atoms with Crippen molar-refractivity contribution in [3.8, 4) is 0 Å². The molecule has 0 aliphatic rings. The summed E-state index contributed by atoms with van der Waals surface area (Å²) < 4.78 is 3.14. The first kappa shape index (κ1) is 17.8. The lowest BCUT2D eigenvalue weighted by Crippen LogP contribution is -2.29. The molecular weight excluding hydrogens is 358 g/mol. The van der Waals surface area contributed by atoms with Gasteiger partial charge < -0.3 is 5.32 Å². The Hall–Kier alpha value is -3.62. The van der Waals surface area contributed by atoms with Crippen LogP contribution >= 0.6 is 0 Å². The van der Waals surface area contributed by atoms with Crippen molar-refractivity contribution in [2.24, 2.45) is 0 Å². The number of rotatable bonds is 6. The number of carbonyl (C=O) groups excluding carboxylic acids is 1. The molecule has 0 fully saturated rings. The molecule has 28 heavy (non-hydrogen) atoms. The van der Waals surface area contributed by atoms with E-state index in [0.29, 0.717) is 29.7 Å². The Morgan fingerprint density at radius 3 is 2.82 bits per heavy atom. The van der Waals surface area contributed by atoms with E-state index < -0.39 is 0 Å². The van der Waals surface area contributed by atoms with Gasteiger partial charge in [0.15, 0.2) is 11.5 Å². The molecule has 0 aliphatic carbocycles. The number of nitrogens with zero attached hydrogens (tertiary/aromatic N) is 6. The highest BCUT2D eigenvalue weighted by atomic mass is 16.1. The molecular formula is C19H19N7O2. The van der Waals surface area contributed by atoms with Crippen LogP contribution in [0, 0.1) is 0 Å². The van der Waals surface area contributed by atoms with Crippen molar-refractivity contribution < 1.29 is 4.79 Å². The highest BCUT2D eigenvalue weighted by Crippen LogP contribution is 2.12. The number of aryl methyl sites for hydroxylation is 1. The number of aromatic nitrogens is 6. The van der Waals surface area contributed by atoms with Crippen LogP contribution in [0.15, 0.2) is 53.5 Å². The maximum Gasteiger partial charge on any atom is 0.277 e. The average molecular weight is 377 g/mol. The molecule has 1 amide bonds. The van der Waals surface area contributed by atoms with Crippen LogP contribution in [0.25, 0.3) is 16.6 Å². The second kappa shape index (κ2) is 7.55. The van der Waals surface area contributed by atoms with Gasteiger partial charge in [0, 0.05) is 19.2 Å². The van der Waals surface area contributed by atoms with Gasteiger partial charge in [0.25, 0.3) is 5.56 Å². The van der Waals surface area contributed by atoms with Crippen molar-refractivity contribution in [1.29, 1.82) is 0 Å². The first-order valence-electron chi connectivity index (χ1n) is 9.05. The molecule has 0 bridgehead atoms.